The molecule has 0 fully saturated rings. The third-order valence-corrected chi connectivity index (χ3v) is 7.90. The van der Waals surface area contributed by atoms with Gasteiger partial charge in [-0.25, -0.2) is 8.42 Å². The maximum atomic E-state index is 14.2. The van der Waals surface area contributed by atoms with Gasteiger partial charge >= 0.3 is 0 Å². The Kier molecular flexibility index (Phi) is 11.2. The fraction of sp³-hybridized carbons (Fsp3) is 0.355. The standard InChI is InChI=1S/C31H39N3O6S/c1-6-18-32-31(36)27(19-24-13-8-7-9-14-24)33(21-25-15-11-10-12-23(25)2)30(35)22-34(41(5,37)38)26-16-17-28(39-3)29(20-26)40-4/h7-17,20,27H,6,18-19,21-22H2,1-5H3,(H,32,36). The molecule has 3 rings (SSSR count). The second-order valence-corrected chi connectivity index (χ2v) is 11.7. The summed E-state index contributed by atoms with van der Waals surface area (Å²) in [6, 6.07) is 20.9. The molecule has 0 aliphatic heterocycles. The number of sulfonamides is 1. The van der Waals surface area contributed by atoms with Crippen molar-refractivity contribution >= 4 is 27.5 Å². The van der Waals surface area contributed by atoms with Crippen LogP contribution < -0.4 is 19.1 Å². The van der Waals surface area contributed by atoms with Gasteiger partial charge in [0.2, 0.25) is 21.8 Å². The molecule has 0 spiro atoms. The highest BCUT2D eigenvalue weighted by Gasteiger charge is 2.33. The smallest absolute Gasteiger partial charge is 0.244 e. The number of aryl methyl sites for hydroxylation is 1. The van der Waals surface area contributed by atoms with Gasteiger partial charge in [-0.2, -0.15) is 0 Å². The van der Waals surface area contributed by atoms with E-state index in [1.807, 2.05) is 68.4 Å². The third kappa shape index (κ3) is 8.47. The molecule has 220 valence electrons. The fourth-order valence-electron chi connectivity index (χ4n) is 4.48. The summed E-state index contributed by atoms with van der Waals surface area (Å²) in [6.45, 7) is 3.97. The van der Waals surface area contributed by atoms with Crippen LogP contribution in [0.2, 0.25) is 0 Å². The minimum Gasteiger partial charge on any atom is -0.493 e. The van der Waals surface area contributed by atoms with Crippen molar-refractivity contribution in [1.82, 2.24) is 10.2 Å². The number of anilines is 1. The van der Waals surface area contributed by atoms with E-state index < -0.39 is 28.5 Å². The maximum Gasteiger partial charge on any atom is 0.244 e. The van der Waals surface area contributed by atoms with Gasteiger partial charge in [0, 0.05) is 25.6 Å². The first-order valence-electron chi connectivity index (χ1n) is 13.4. The summed E-state index contributed by atoms with van der Waals surface area (Å²) < 4.78 is 37.7. The van der Waals surface area contributed by atoms with E-state index in [0.717, 1.165) is 33.7 Å². The number of hydrogen-bond donors (Lipinski definition) is 1. The molecular formula is C31H39N3O6S. The van der Waals surface area contributed by atoms with E-state index in [-0.39, 0.29) is 24.6 Å². The number of amides is 2. The van der Waals surface area contributed by atoms with Gasteiger partial charge in [-0.05, 0) is 42.2 Å². The first kappa shape index (κ1) is 31.5. The summed E-state index contributed by atoms with van der Waals surface area (Å²) in [5, 5.41) is 2.94. The highest BCUT2D eigenvalue weighted by Crippen LogP contribution is 2.32. The Morgan fingerprint density at radius 2 is 1.59 bits per heavy atom. The summed E-state index contributed by atoms with van der Waals surface area (Å²) >= 11 is 0. The number of carbonyl (C=O) groups is 2. The first-order valence-corrected chi connectivity index (χ1v) is 15.3. The predicted octanol–water partition coefficient (Wildman–Crippen LogP) is 3.94. The number of carbonyl (C=O) groups excluding carboxylic acids is 2. The molecule has 0 radical (unpaired) electrons. The number of hydrogen-bond acceptors (Lipinski definition) is 6. The summed E-state index contributed by atoms with van der Waals surface area (Å²) in [4.78, 5) is 29.2. The maximum absolute atomic E-state index is 14.2. The molecule has 0 bridgehead atoms. The van der Waals surface area contributed by atoms with Crippen LogP contribution in [0, 0.1) is 6.92 Å². The van der Waals surface area contributed by atoms with Gasteiger partial charge in [0.05, 0.1) is 26.2 Å². The van der Waals surface area contributed by atoms with Gasteiger partial charge in [-0.1, -0.05) is 61.5 Å². The van der Waals surface area contributed by atoms with Gasteiger partial charge < -0.3 is 19.7 Å². The Morgan fingerprint density at radius 1 is 0.927 bits per heavy atom. The van der Waals surface area contributed by atoms with E-state index in [1.54, 1.807) is 12.1 Å². The van der Waals surface area contributed by atoms with Crippen LogP contribution >= 0.6 is 0 Å². The molecule has 0 aromatic heterocycles. The lowest BCUT2D eigenvalue weighted by atomic mass is 10.0. The van der Waals surface area contributed by atoms with Crippen molar-refractivity contribution in [3.8, 4) is 11.5 Å². The van der Waals surface area contributed by atoms with Crippen LogP contribution in [-0.4, -0.2) is 64.7 Å². The van der Waals surface area contributed by atoms with Gasteiger partial charge in [0.1, 0.15) is 12.6 Å². The van der Waals surface area contributed by atoms with Crippen molar-refractivity contribution < 1.29 is 27.5 Å². The van der Waals surface area contributed by atoms with E-state index in [0.29, 0.717) is 18.0 Å². The summed E-state index contributed by atoms with van der Waals surface area (Å²) in [5.74, 6) is -0.0628. The Bertz CT molecular complexity index is 1430. The minimum absolute atomic E-state index is 0.131. The monoisotopic (exact) mass is 581 g/mol. The molecule has 41 heavy (non-hydrogen) atoms. The van der Waals surface area contributed by atoms with E-state index in [2.05, 4.69) is 5.32 Å². The quantitative estimate of drug-likeness (QED) is 0.309. The average molecular weight is 582 g/mol. The molecular weight excluding hydrogens is 542 g/mol. The van der Waals surface area contributed by atoms with Crippen LogP contribution in [0.1, 0.15) is 30.0 Å². The highest BCUT2D eigenvalue weighted by molar-refractivity contribution is 7.92. The molecule has 0 saturated heterocycles. The third-order valence-electron chi connectivity index (χ3n) is 6.76. The summed E-state index contributed by atoms with van der Waals surface area (Å²) in [6.07, 6.45) is 2.04. The Balaban J connectivity index is 2.07. The molecule has 1 N–H and O–H groups in total. The summed E-state index contributed by atoms with van der Waals surface area (Å²) in [7, 11) is -0.972. The molecule has 2 amide bonds. The predicted molar refractivity (Wildman–Crippen MR) is 161 cm³/mol. The molecule has 9 nitrogen and oxygen atoms in total. The molecule has 10 heteroatoms. The van der Waals surface area contributed by atoms with Crippen molar-refractivity contribution in [2.45, 2.75) is 39.3 Å². The molecule has 0 aliphatic carbocycles. The second-order valence-electron chi connectivity index (χ2n) is 9.75. The SMILES string of the molecule is CCCNC(=O)C(Cc1ccccc1)N(Cc1ccccc1C)C(=O)CN(c1ccc(OC)c(OC)c1)S(C)(=O)=O. The topological polar surface area (TPSA) is 105 Å². The lowest BCUT2D eigenvalue weighted by molar-refractivity contribution is -0.140. The number of nitrogens with one attached hydrogen (secondary N) is 1. The lowest BCUT2D eigenvalue weighted by Gasteiger charge is -2.34. The molecule has 1 unspecified atom stereocenters. The fourth-order valence-corrected chi connectivity index (χ4v) is 5.33. The van der Waals surface area contributed by atoms with E-state index >= 15 is 0 Å². The largest absolute Gasteiger partial charge is 0.493 e. The average Bonchev–Trinajstić information content (AvgIpc) is 2.96. The molecule has 3 aromatic carbocycles. The normalized spacial score (nSPS) is 11.8. The van der Waals surface area contributed by atoms with E-state index in [4.69, 9.17) is 9.47 Å². The molecule has 0 heterocycles. The van der Waals surface area contributed by atoms with Gasteiger partial charge in [0.25, 0.3) is 0 Å². The summed E-state index contributed by atoms with van der Waals surface area (Å²) in [5.41, 5.74) is 2.94. The number of methoxy groups -OCH3 is 2. The zero-order chi connectivity index (χ0) is 30.0. The highest BCUT2D eigenvalue weighted by atomic mass is 32.2. The van der Waals surface area contributed by atoms with Crippen molar-refractivity contribution in [3.63, 3.8) is 0 Å². The van der Waals surface area contributed by atoms with Crippen molar-refractivity contribution in [1.29, 1.82) is 0 Å². The van der Waals surface area contributed by atoms with Crippen LogP contribution in [-0.2, 0) is 32.6 Å². The van der Waals surface area contributed by atoms with Crippen molar-refractivity contribution in [2.24, 2.45) is 0 Å². The molecule has 0 saturated carbocycles. The minimum atomic E-state index is -3.90. The van der Waals surface area contributed by atoms with Gasteiger partial charge in [0.15, 0.2) is 11.5 Å². The molecule has 3 aromatic rings. The van der Waals surface area contributed by atoms with Crippen LogP contribution in [0.15, 0.2) is 72.8 Å². The Morgan fingerprint density at radius 3 is 2.20 bits per heavy atom. The number of ether oxygens (including phenoxy) is 2. The molecule has 0 aliphatic rings. The Hall–Kier alpha value is -4.05. The van der Waals surface area contributed by atoms with Crippen LogP contribution in [0.5, 0.6) is 11.5 Å². The Labute approximate surface area is 243 Å². The second kappa shape index (κ2) is 14.5. The zero-order valence-corrected chi connectivity index (χ0v) is 25.1. The number of rotatable bonds is 14. The van der Waals surface area contributed by atoms with Crippen molar-refractivity contribution in [2.75, 3.05) is 37.9 Å². The number of nitrogens with zero attached hydrogens (tertiary/aromatic N) is 2. The van der Waals surface area contributed by atoms with Crippen molar-refractivity contribution in [3.05, 3.63) is 89.5 Å². The van der Waals surface area contributed by atoms with Gasteiger partial charge in [-0.15, -0.1) is 0 Å². The van der Waals surface area contributed by atoms with Crippen LogP contribution in [0.3, 0.4) is 0 Å². The van der Waals surface area contributed by atoms with Crippen LogP contribution in [0.25, 0.3) is 0 Å². The van der Waals surface area contributed by atoms with Gasteiger partial charge in [-0.3, -0.25) is 13.9 Å². The molecule has 1 atom stereocenters. The zero-order valence-electron chi connectivity index (χ0n) is 24.3. The lowest BCUT2D eigenvalue weighted by Crippen LogP contribution is -2.53. The first-order chi connectivity index (χ1) is 19.6. The van der Waals surface area contributed by atoms with Crippen LogP contribution in [0.4, 0.5) is 5.69 Å². The van der Waals surface area contributed by atoms with E-state index in [1.165, 1.54) is 25.2 Å². The number of benzene rings is 3. The van der Waals surface area contributed by atoms with E-state index in [9.17, 15) is 18.0 Å².